The van der Waals surface area contributed by atoms with Crippen LogP contribution in [0.15, 0.2) is 243 Å². The summed E-state index contributed by atoms with van der Waals surface area (Å²) in [4.78, 5) is 4.84. The second-order valence-corrected chi connectivity index (χ2v) is 32.3. The Morgan fingerprint density at radius 3 is 1.17 bits per heavy atom. The molecule has 344 valence electrons. The molecule has 0 fully saturated rings. The Hall–Kier alpha value is -7.77. The second-order valence-electron chi connectivity index (χ2n) is 21.3. The van der Waals surface area contributed by atoms with Crippen molar-refractivity contribution in [2.75, 3.05) is 9.80 Å². The van der Waals surface area contributed by atoms with Crippen molar-refractivity contribution < 1.29 is 0 Å². The average Bonchev–Trinajstić information content (AvgIpc) is 3.75. The summed E-state index contributed by atoms with van der Waals surface area (Å²) in [5.74, 6) is 0. The van der Waals surface area contributed by atoms with E-state index >= 15 is 0 Å². The molecule has 0 saturated carbocycles. The molecule has 0 heterocycles. The molecular weight excluding hydrogens is 889 g/mol. The third-order valence-corrected chi connectivity index (χ3v) is 25.3. The van der Waals surface area contributed by atoms with Crippen LogP contribution in [0, 0.1) is 0 Å². The van der Waals surface area contributed by atoms with Crippen LogP contribution in [0.5, 0.6) is 0 Å². The van der Waals surface area contributed by atoms with Gasteiger partial charge in [-0.05, 0) is 150 Å². The summed E-state index contributed by atoms with van der Waals surface area (Å²) in [5, 5.41) is 8.00. The molecule has 0 amide bonds. The van der Waals surface area contributed by atoms with E-state index < -0.39 is 16.1 Å². The lowest BCUT2D eigenvalue weighted by molar-refractivity contribution is 0.973. The fourth-order valence-electron chi connectivity index (χ4n) is 12.7. The molecule has 1 aliphatic rings. The van der Waals surface area contributed by atoms with E-state index in [0.717, 1.165) is 34.1 Å². The van der Waals surface area contributed by atoms with Gasteiger partial charge in [-0.1, -0.05) is 209 Å². The Bertz CT molecular complexity index is 3730. The predicted octanol–water partition coefficient (Wildman–Crippen LogP) is 19.4. The zero-order valence-electron chi connectivity index (χ0n) is 41.5. The third-order valence-electron chi connectivity index (χ3n) is 15.3. The summed E-state index contributed by atoms with van der Waals surface area (Å²) >= 11 is 0. The second kappa shape index (κ2) is 17.3. The van der Waals surface area contributed by atoms with Gasteiger partial charge in [0.25, 0.3) is 0 Å². The average molecular weight is 947 g/mol. The SMILES string of the molecule is C[Si](C)(C)C1([Si](C)(C)C)c2c(ccc3cc(N(c4ccccc4)c4ccc(-c5ccccc5)cc4)ccc23)-c2c1c1ccc(N(c3ccccc3)c3ccc(-c4ccccc4)cc3)cc1c1ccccc21. The van der Waals surface area contributed by atoms with E-state index in [1.807, 2.05) is 0 Å². The number of hydrogen-bond acceptors (Lipinski definition) is 2. The predicted molar refractivity (Wildman–Crippen MR) is 312 cm³/mol. The van der Waals surface area contributed by atoms with Gasteiger partial charge in [0.1, 0.15) is 0 Å². The van der Waals surface area contributed by atoms with E-state index in [1.54, 1.807) is 11.1 Å². The Balaban J connectivity index is 1.06. The lowest BCUT2D eigenvalue weighted by Gasteiger charge is -2.52. The maximum atomic E-state index is 2.65. The van der Waals surface area contributed by atoms with Crippen molar-refractivity contribution in [3.8, 4) is 33.4 Å². The fourth-order valence-corrected chi connectivity index (χ4v) is 25.8. The Labute approximate surface area is 421 Å². The highest BCUT2D eigenvalue weighted by molar-refractivity contribution is 7.00. The van der Waals surface area contributed by atoms with Gasteiger partial charge in [-0.15, -0.1) is 0 Å². The minimum absolute atomic E-state index is 0.117. The number of hydrogen-bond donors (Lipinski definition) is 0. The van der Waals surface area contributed by atoms with Crippen molar-refractivity contribution in [3.63, 3.8) is 0 Å². The number of anilines is 6. The van der Waals surface area contributed by atoms with Gasteiger partial charge in [-0.25, -0.2) is 0 Å². The van der Waals surface area contributed by atoms with Crippen LogP contribution in [0.1, 0.15) is 11.1 Å². The van der Waals surface area contributed by atoms with E-state index in [4.69, 9.17) is 0 Å². The molecule has 1 aliphatic carbocycles. The first kappa shape index (κ1) is 44.4. The van der Waals surface area contributed by atoms with Gasteiger partial charge >= 0.3 is 0 Å². The molecule has 11 aromatic carbocycles. The fraction of sp³-hybridized carbons (Fsp3) is 0.104. The zero-order valence-corrected chi connectivity index (χ0v) is 43.5. The lowest BCUT2D eigenvalue weighted by Crippen LogP contribution is -2.63. The Morgan fingerprint density at radius 1 is 0.282 bits per heavy atom. The van der Waals surface area contributed by atoms with Gasteiger partial charge < -0.3 is 9.80 Å². The van der Waals surface area contributed by atoms with E-state index in [1.165, 1.54) is 65.7 Å². The van der Waals surface area contributed by atoms with Gasteiger partial charge in [-0.2, -0.15) is 0 Å². The number of para-hydroxylation sites is 2. The number of fused-ring (bicyclic) bond motifs is 10. The molecule has 0 bridgehead atoms. The largest absolute Gasteiger partial charge is 0.310 e. The summed E-state index contributed by atoms with van der Waals surface area (Å²) in [6.07, 6.45) is 0. The lowest BCUT2D eigenvalue weighted by atomic mass is 9.91. The van der Waals surface area contributed by atoms with Gasteiger partial charge in [0.05, 0.1) is 16.1 Å². The normalized spacial score (nSPS) is 13.0. The van der Waals surface area contributed by atoms with Crippen LogP contribution in [0.25, 0.3) is 65.7 Å². The zero-order chi connectivity index (χ0) is 48.5. The van der Waals surface area contributed by atoms with Crippen LogP contribution < -0.4 is 9.80 Å². The molecular formula is C67H58N2Si2. The van der Waals surface area contributed by atoms with E-state index in [-0.39, 0.29) is 4.66 Å². The highest BCUT2D eigenvalue weighted by Crippen LogP contribution is 2.63. The first-order valence-electron chi connectivity index (χ1n) is 25.1. The first-order chi connectivity index (χ1) is 34.5. The molecule has 0 atom stereocenters. The van der Waals surface area contributed by atoms with E-state index in [0.29, 0.717) is 0 Å². The highest BCUT2D eigenvalue weighted by Gasteiger charge is 2.60. The molecule has 0 radical (unpaired) electrons. The standard InChI is InChI=1S/C67H58N2Si2/c1-70(2,3)67(71(4,5)6)65-58-43-40-56(68(52-25-15-9-16-26-52)54-36-31-49(32-37-54)47-21-11-7-12-22-47)45-51(58)35-42-62(65)64-60-30-20-19-29-59(60)63-46-57(41-44-61(63)66(64)67)69(53-27-17-10-18-28-53)55-38-33-50(34-39-55)48-23-13-8-14-24-48/h7-46H,1-6H3. The quantitative estimate of drug-likeness (QED) is 0.0996. The van der Waals surface area contributed by atoms with Crippen molar-refractivity contribution in [2.24, 2.45) is 0 Å². The van der Waals surface area contributed by atoms with Gasteiger partial charge in [0, 0.05) is 38.8 Å². The molecule has 71 heavy (non-hydrogen) atoms. The van der Waals surface area contributed by atoms with Crippen LogP contribution in [0.4, 0.5) is 34.1 Å². The summed E-state index contributed by atoms with van der Waals surface area (Å²) < 4.78 is -0.117. The van der Waals surface area contributed by atoms with Crippen LogP contribution in [-0.4, -0.2) is 16.1 Å². The summed E-state index contributed by atoms with van der Waals surface area (Å²) in [7, 11) is -4.28. The molecule has 0 aliphatic heterocycles. The van der Waals surface area contributed by atoms with Crippen LogP contribution in [0.3, 0.4) is 0 Å². The first-order valence-corrected chi connectivity index (χ1v) is 32.1. The summed E-state index contributed by atoms with van der Waals surface area (Å²) in [5.41, 5.74) is 17.7. The molecule has 2 nitrogen and oxygen atoms in total. The van der Waals surface area contributed by atoms with Crippen molar-refractivity contribution >= 4 is 82.6 Å². The van der Waals surface area contributed by atoms with E-state index in [9.17, 15) is 0 Å². The third kappa shape index (κ3) is 7.27. The molecule has 0 saturated heterocycles. The van der Waals surface area contributed by atoms with E-state index in [2.05, 4.69) is 292 Å². The van der Waals surface area contributed by atoms with Crippen molar-refractivity contribution in [1.29, 1.82) is 0 Å². The number of rotatable bonds is 10. The Morgan fingerprint density at radius 2 is 0.676 bits per heavy atom. The van der Waals surface area contributed by atoms with Crippen molar-refractivity contribution in [2.45, 2.75) is 43.9 Å². The number of nitrogens with zero attached hydrogens (tertiary/aromatic N) is 2. The molecule has 0 aromatic heterocycles. The molecule has 0 unspecified atom stereocenters. The number of benzene rings is 11. The Kier molecular flexibility index (Phi) is 10.8. The summed E-state index contributed by atoms with van der Waals surface area (Å²) in [6.45, 7) is 15.9. The molecule has 12 rings (SSSR count). The smallest absolute Gasteiger partial charge is 0.0579 e. The molecule has 4 heteroatoms. The van der Waals surface area contributed by atoms with Crippen LogP contribution in [-0.2, 0) is 4.66 Å². The monoisotopic (exact) mass is 946 g/mol. The van der Waals surface area contributed by atoms with Gasteiger partial charge in [0.15, 0.2) is 0 Å². The maximum absolute atomic E-state index is 2.65. The summed E-state index contributed by atoms with van der Waals surface area (Å²) in [6, 6.07) is 89.9. The molecule has 0 N–H and O–H groups in total. The minimum Gasteiger partial charge on any atom is -0.310 e. The van der Waals surface area contributed by atoms with Crippen molar-refractivity contribution in [1.82, 2.24) is 0 Å². The van der Waals surface area contributed by atoms with Gasteiger partial charge in [-0.3, -0.25) is 0 Å². The molecule has 11 aromatic rings. The van der Waals surface area contributed by atoms with Crippen LogP contribution in [0.2, 0.25) is 39.3 Å². The molecule has 0 spiro atoms. The minimum atomic E-state index is -2.14. The van der Waals surface area contributed by atoms with Crippen molar-refractivity contribution in [3.05, 3.63) is 254 Å². The maximum Gasteiger partial charge on any atom is 0.0579 e. The topological polar surface area (TPSA) is 6.48 Å². The van der Waals surface area contributed by atoms with Gasteiger partial charge in [0.2, 0.25) is 0 Å². The van der Waals surface area contributed by atoms with Crippen LogP contribution >= 0.6 is 0 Å². The highest BCUT2D eigenvalue weighted by atomic mass is 28.4.